The molecule has 0 radical (unpaired) electrons. The predicted octanol–water partition coefficient (Wildman–Crippen LogP) is 3.36. The Labute approximate surface area is 130 Å². The molecule has 20 heavy (non-hydrogen) atoms. The minimum atomic E-state index is -3.78. The maximum atomic E-state index is 12.1. The molecule has 0 aliphatic heterocycles. The first-order chi connectivity index (χ1) is 9.34. The standard InChI is InChI=1S/C13H13BrClNO3S/c14-11-6-10(1-2-12(11)20(15,18)19)16-13(17)9-4-7-3-8(7)5-9/h1-2,6-9H,3-5H2,(H,16,17). The van der Waals surface area contributed by atoms with Gasteiger partial charge in [0.05, 0.1) is 4.90 Å². The molecule has 2 fully saturated rings. The second-order valence-electron chi connectivity index (χ2n) is 5.50. The normalized spacial score (nSPS) is 28.0. The second-order valence-corrected chi connectivity index (χ2v) is 8.89. The molecule has 7 heteroatoms. The van der Waals surface area contributed by atoms with Crippen LogP contribution in [-0.2, 0) is 13.8 Å². The highest BCUT2D eigenvalue weighted by Crippen LogP contribution is 2.54. The van der Waals surface area contributed by atoms with Crippen molar-refractivity contribution in [3.63, 3.8) is 0 Å². The minimum absolute atomic E-state index is 0.000670. The van der Waals surface area contributed by atoms with Crippen molar-refractivity contribution in [2.75, 3.05) is 5.32 Å². The fourth-order valence-corrected chi connectivity index (χ4v) is 5.17. The topological polar surface area (TPSA) is 63.2 Å². The van der Waals surface area contributed by atoms with Crippen LogP contribution in [0.5, 0.6) is 0 Å². The van der Waals surface area contributed by atoms with Gasteiger partial charge in [-0.05, 0) is 65.2 Å². The zero-order chi connectivity index (χ0) is 14.5. The first kappa shape index (κ1) is 14.4. The molecule has 2 unspecified atom stereocenters. The summed E-state index contributed by atoms with van der Waals surface area (Å²) in [5, 5.41) is 2.84. The van der Waals surface area contributed by atoms with Gasteiger partial charge in [-0.2, -0.15) is 0 Å². The minimum Gasteiger partial charge on any atom is -0.326 e. The zero-order valence-electron chi connectivity index (χ0n) is 10.5. The fourth-order valence-electron chi connectivity index (χ4n) is 2.95. The summed E-state index contributed by atoms with van der Waals surface area (Å²) in [6, 6.07) is 4.49. The second kappa shape index (κ2) is 5.00. The Hall–Kier alpha value is -0.590. The Morgan fingerprint density at radius 1 is 1.25 bits per heavy atom. The molecule has 2 aliphatic rings. The van der Waals surface area contributed by atoms with Crippen LogP contribution < -0.4 is 5.32 Å². The lowest BCUT2D eigenvalue weighted by Crippen LogP contribution is -2.21. The van der Waals surface area contributed by atoms with Gasteiger partial charge in [-0.15, -0.1) is 0 Å². The Bertz CT molecular complexity index is 666. The molecule has 108 valence electrons. The van der Waals surface area contributed by atoms with Gasteiger partial charge in [-0.3, -0.25) is 4.79 Å². The molecule has 1 N–H and O–H groups in total. The summed E-state index contributed by atoms with van der Waals surface area (Å²) in [6.45, 7) is 0. The number of benzene rings is 1. The van der Waals surface area contributed by atoms with Crippen molar-refractivity contribution in [2.24, 2.45) is 17.8 Å². The summed E-state index contributed by atoms with van der Waals surface area (Å²) in [4.78, 5) is 12.1. The SMILES string of the molecule is O=C(Nc1ccc(S(=O)(=O)Cl)c(Br)c1)C1CC2CC2C1. The molecule has 0 heterocycles. The van der Waals surface area contributed by atoms with Gasteiger partial charge in [-0.25, -0.2) is 8.42 Å². The molecule has 0 bridgehead atoms. The number of anilines is 1. The Balaban J connectivity index is 1.71. The first-order valence-corrected chi connectivity index (χ1v) is 9.50. The Morgan fingerprint density at radius 2 is 1.90 bits per heavy atom. The molecule has 0 saturated heterocycles. The summed E-state index contributed by atoms with van der Waals surface area (Å²) in [6.07, 6.45) is 3.23. The van der Waals surface area contributed by atoms with Crippen molar-refractivity contribution >= 4 is 47.3 Å². The number of hydrogen-bond donors (Lipinski definition) is 1. The van der Waals surface area contributed by atoms with Gasteiger partial charge in [0.15, 0.2) is 0 Å². The largest absolute Gasteiger partial charge is 0.326 e. The maximum Gasteiger partial charge on any atom is 0.262 e. The molecular formula is C13H13BrClNO3S. The van der Waals surface area contributed by atoms with E-state index in [0.29, 0.717) is 10.2 Å². The highest BCUT2D eigenvalue weighted by Gasteiger charge is 2.47. The quantitative estimate of drug-likeness (QED) is 0.820. The summed E-state index contributed by atoms with van der Waals surface area (Å²) in [5.41, 5.74) is 0.575. The third-order valence-corrected chi connectivity index (χ3v) is 6.38. The van der Waals surface area contributed by atoms with E-state index in [1.807, 2.05) is 0 Å². The number of amides is 1. The van der Waals surface area contributed by atoms with Crippen molar-refractivity contribution in [1.82, 2.24) is 0 Å². The van der Waals surface area contributed by atoms with Crippen molar-refractivity contribution in [3.8, 4) is 0 Å². The summed E-state index contributed by atoms with van der Waals surface area (Å²) >= 11 is 3.16. The van der Waals surface area contributed by atoms with E-state index in [1.165, 1.54) is 12.5 Å². The molecule has 1 aromatic carbocycles. The van der Waals surface area contributed by atoms with E-state index in [2.05, 4.69) is 21.2 Å². The van der Waals surface area contributed by atoms with Crippen molar-refractivity contribution in [3.05, 3.63) is 22.7 Å². The molecule has 1 aromatic rings. The summed E-state index contributed by atoms with van der Waals surface area (Å²) in [5.74, 6) is 1.61. The van der Waals surface area contributed by atoms with Gasteiger partial charge in [0.1, 0.15) is 0 Å². The van der Waals surface area contributed by atoms with E-state index < -0.39 is 9.05 Å². The smallest absolute Gasteiger partial charge is 0.262 e. The van der Waals surface area contributed by atoms with Crippen LogP contribution in [0.1, 0.15) is 19.3 Å². The molecule has 3 rings (SSSR count). The van der Waals surface area contributed by atoms with Crippen molar-refractivity contribution in [1.29, 1.82) is 0 Å². The van der Waals surface area contributed by atoms with Gasteiger partial charge >= 0.3 is 0 Å². The average Bonchev–Trinajstić information content (AvgIpc) is 2.94. The molecule has 1 amide bonds. The molecule has 0 aromatic heterocycles. The van der Waals surface area contributed by atoms with Gasteiger partial charge in [0.2, 0.25) is 5.91 Å². The van der Waals surface area contributed by atoms with Gasteiger partial charge in [-0.1, -0.05) is 0 Å². The van der Waals surface area contributed by atoms with Crippen LogP contribution in [0.2, 0.25) is 0 Å². The Morgan fingerprint density at radius 3 is 2.45 bits per heavy atom. The van der Waals surface area contributed by atoms with Crippen LogP contribution in [0, 0.1) is 17.8 Å². The van der Waals surface area contributed by atoms with Gasteiger partial charge in [0.25, 0.3) is 9.05 Å². The average molecular weight is 379 g/mol. The van der Waals surface area contributed by atoms with Crippen molar-refractivity contribution < 1.29 is 13.2 Å². The number of rotatable bonds is 3. The lowest BCUT2D eigenvalue weighted by molar-refractivity contribution is -0.120. The van der Waals surface area contributed by atoms with E-state index in [-0.39, 0.29) is 16.7 Å². The molecule has 4 nitrogen and oxygen atoms in total. The molecule has 2 saturated carbocycles. The lowest BCUT2D eigenvalue weighted by Gasteiger charge is -2.13. The maximum absolute atomic E-state index is 12.1. The van der Waals surface area contributed by atoms with E-state index in [9.17, 15) is 13.2 Å². The molecule has 2 atom stereocenters. The molecule has 2 aliphatic carbocycles. The van der Waals surface area contributed by atoms with E-state index in [0.717, 1.165) is 24.7 Å². The Kier molecular flexibility index (Phi) is 3.59. The third kappa shape index (κ3) is 2.87. The monoisotopic (exact) mass is 377 g/mol. The first-order valence-electron chi connectivity index (χ1n) is 6.39. The molecule has 0 spiro atoms. The fraction of sp³-hybridized carbons (Fsp3) is 0.462. The zero-order valence-corrected chi connectivity index (χ0v) is 13.6. The number of hydrogen-bond acceptors (Lipinski definition) is 3. The van der Waals surface area contributed by atoms with Crippen molar-refractivity contribution in [2.45, 2.75) is 24.2 Å². The highest BCUT2D eigenvalue weighted by atomic mass is 79.9. The number of carbonyl (C=O) groups is 1. The molecular weight excluding hydrogens is 366 g/mol. The number of carbonyl (C=O) groups excluding carboxylic acids is 1. The van der Waals surface area contributed by atoms with Crippen LogP contribution in [0.15, 0.2) is 27.6 Å². The number of nitrogens with one attached hydrogen (secondary N) is 1. The summed E-state index contributed by atoms with van der Waals surface area (Å²) in [7, 11) is 1.52. The lowest BCUT2D eigenvalue weighted by atomic mass is 10.0. The highest BCUT2D eigenvalue weighted by molar-refractivity contribution is 9.10. The van der Waals surface area contributed by atoms with E-state index >= 15 is 0 Å². The van der Waals surface area contributed by atoms with Crippen LogP contribution in [0.3, 0.4) is 0 Å². The van der Waals surface area contributed by atoms with Gasteiger partial charge < -0.3 is 5.32 Å². The van der Waals surface area contributed by atoms with Gasteiger partial charge in [0, 0.05) is 26.8 Å². The predicted molar refractivity (Wildman–Crippen MR) is 80.1 cm³/mol. The third-order valence-electron chi connectivity index (χ3n) is 4.08. The number of fused-ring (bicyclic) bond motifs is 1. The van der Waals surface area contributed by atoms with E-state index in [1.54, 1.807) is 12.1 Å². The van der Waals surface area contributed by atoms with Crippen LogP contribution >= 0.6 is 26.6 Å². The number of halogens is 2. The van der Waals surface area contributed by atoms with Crippen LogP contribution in [0.25, 0.3) is 0 Å². The van der Waals surface area contributed by atoms with E-state index in [4.69, 9.17) is 10.7 Å². The van der Waals surface area contributed by atoms with Crippen LogP contribution in [-0.4, -0.2) is 14.3 Å². The summed E-state index contributed by atoms with van der Waals surface area (Å²) < 4.78 is 22.9. The van der Waals surface area contributed by atoms with Crippen LogP contribution in [0.4, 0.5) is 5.69 Å².